The number of anilines is 1. The molecule has 0 saturated heterocycles. The Labute approximate surface area is 131 Å². The number of hydrogen-bond donors (Lipinski definition) is 2. The Morgan fingerprint density at radius 3 is 2.52 bits per heavy atom. The highest BCUT2D eigenvalue weighted by atomic mass is 79.9. The van der Waals surface area contributed by atoms with Crippen molar-refractivity contribution in [2.45, 2.75) is 45.4 Å². The van der Waals surface area contributed by atoms with Crippen molar-refractivity contribution in [3.8, 4) is 0 Å². The number of nitrogens with zero attached hydrogens (tertiary/aromatic N) is 2. The van der Waals surface area contributed by atoms with Crippen molar-refractivity contribution in [3.05, 3.63) is 21.0 Å². The summed E-state index contributed by atoms with van der Waals surface area (Å²) >= 11 is 3.19. The van der Waals surface area contributed by atoms with Crippen molar-refractivity contribution in [1.29, 1.82) is 0 Å². The Bertz CT molecular complexity index is 590. The number of hydrogen-bond acceptors (Lipinski definition) is 6. The first-order valence-corrected chi connectivity index (χ1v) is 7.12. The summed E-state index contributed by atoms with van der Waals surface area (Å²) in [5, 5.41) is 17.1. The predicted octanol–water partition coefficient (Wildman–Crippen LogP) is 1.14. The summed E-state index contributed by atoms with van der Waals surface area (Å²) in [6.07, 6.45) is 1.42. The van der Waals surface area contributed by atoms with E-state index < -0.39 is 22.7 Å². The van der Waals surface area contributed by atoms with Gasteiger partial charge in [0.2, 0.25) is 0 Å². The van der Waals surface area contributed by atoms with Crippen LogP contribution in [0.4, 0.5) is 5.69 Å². The molecular formula is C13H20BrN3O4. The molecule has 0 aromatic carbocycles. The summed E-state index contributed by atoms with van der Waals surface area (Å²) in [4.78, 5) is 23.3. The topological polar surface area (TPSA) is 93.5 Å². The minimum Gasteiger partial charge on any atom is -0.468 e. The second-order valence-electron chi connectivity index (χ2n) is 5.72. The third-order valence-electron chi connectivity index (χ3n) is 3.47. The van der Waals surface area contributed by atoms with Crippen molar-refractivity contribution >= 4 is 27.6 Å². The SMILES string of the molecule is COC(=O)Cn1ncc(NC(C)(C)C(C)(C)O)c(Br)c1=O. The van der Waals surface area contributed by atoms with E-state index >= 15 is 0 Å². The number of halogens is 1. The first-order chi connectivity index (χ1) is 9.49. The molecule has 1 rings (SSSR count). The lowest BCUT2D eigenvalue weighted by molar-refractivity contribution is -0.141. The largest absolute Gasteiger partial charge is 0.468 e. The Morgan fingerprint density at radius 2 is 2.05 bits per heavy atom. The third-order valence-corrected chi connectivity index (χ3v) is 4.23. The first kappa shape index (κ1) is 17.6. The van der Waals surface area contributed by atoms with Gasteiger partial charge < -0.3 is 15.2 Å². The quantitative estimate of drug-likeness (QED) is 0.763. The van der Waals surface area contributed by atoms with E-state index in [1.165, 1.54) is 13.3 Å². The van der Waals surface area contributed by atoms with Gasteiger partial charge in [-0.05, 0) is 43.6 Å². The molecule has 21 heavy (non-hydrogen) atoms. The number of carbonyl (C=O) groups is 1. The van der Waals surface area contributed by atoms with E-state index in [0.717, 1.165) is 4.68 Å². The van der Waals surface area contributed by atoms with E-state index in [-0.39, 0.29) is 11.0 Å². The van der Waals surface area contributed by atoms with Crippen LogP contribution in [0.3, 0.4) is 0 Å². The molecule has 7 nitrogen and oxygen atoms in total. The lowest BCUT2D eigenvalue weighted by Crippen LogP contribution is -2.51. The van der Waals surface area contributed by atoms with Crippen molar-refractivity contribution in [1.82, 2.24) is 9.78 Å². The van der Waals surface area contributed by atoms with Crippen molar-refractivity contribution in [2.75, 3.05) is 12.4 Å². The third kappa shape index (κ3) is 4.04. The highest BCUT2D eigenvalue weighted by Gasteiger charge is 2.35. The highest BCUT2D eigenvalue weighted by Crippen LogP contribution is 2.28. The van der Waals surface area contributed by atoms with Gasteiger partial charge >= 0.3 is 5.97 Å². The number of aliphatic hydroxyl groups is 1. The van der Waals surface area contributed by atoms with Gasteiger partial charge in [0.25, 0.3) is 5.56 Å². The monoisotopic (exact) mass is 361 g/mol. The fourth-order valence-electron chi connectivity index (χ4n) is 1.34. The van der Waals surface area contributed by atoms with Crippen molar-refractivity contribution in [2.24, 2.45) is 0 Å². The number of rotatable bonds is 5. The molecule has 1 heterocycles. The van der Waals surface area contributed by atoms with Gasteiger partial charge in [-0.2, -0.15) is 5.10 Å². The van der Waals surface area contributed by atoms with Crippen LogP contribution in [0, 0.1) is 0 Å². The molecule has 8 heteroatoms. The minimum atomic E-state index is -1.02. The fraction of sp³-hybridized carbons (Fsp3) is 0.615. The summed E-state index contributed by atoms with van der Waals surface area (Å²) in [6, 6.07) is 0. The lowest BCUT2D eigenvalue weighted by Gasteiger charge is -2.38. The second kappa shape index (κ2) is 6.15. The maximum absolute atomic E-state index is 12.1. The van der Waals surface area contributed by atoms with Gasteiger partial charge in [0.05, 0.1) is 30.1 Å². The Kier molecular flexibility index (Phi) is 5.16. The zero-order valence-corrected chi connectivity index (χ0v) is 14.3. The Hall–Kier alpha value is -1.41. The van der Waals surface area contributed by atoms with Gasteiger partial charge in [0.1, 0.15) is 11.0 Å². The Morgan fingerprint density at radius 1 is 1.48 bits per heavy atom. The van der Waals surface area contributed by atoms with Gasteiger partial charge in [-0.25, -0.2) is 4.68 Å². The van der Waals surface area contributed by atoms with Gasteiger partial charge in [-0.15, -0.1) is 0 Å². The van der Waals surface area contributed by atoms with E-state index in [4.69, 9.17) is 0 Å². The van der Waals surface area contributed by atoms with Crippen molar-refractivity contribution in [3.63, 3.8) is 0 Å². The van der Waals surface area contributed by atoms with E-state index in [9.17, 15) is 14.7 Å². The molecule has 0 saturated carbocycles. The average Bonchev–Trinajstić information content (AvgIpc) is 2.36. The number of ether oxygens (including phenoxy) is 1. The summed E-state index contributed by atoms with van der Waals surface area (Å²) < 4.78 is 5.74. The van der Waals surface area contributed by atoms with Crippen LogP contribution < -0.4 is 10.9 Å². The summed E-state index contributed by atoms with van der Waals surface area (Å²) in [5.74, 6) is -0.561. The van der Waals surface area contributed by atoms with Crippen LogP contribution in [0.2, 0.25) is 0 Å². The number of esters is 1. The maximum atomic E-state index is 12.1. The zero-order valence-electron chi connectivity index (χ0n) is 12.7. The van der Waals surface area contributed by atoms with Gasteiger partial charge in [-0.1, -0.05) is 0 Å². The van der Waals surface area contributed by atoms with Gasteiger partial charge in [0, 0.05) is 0 Å². The van der Waals surface area contributed by atoms with Crippen LogP contribution in [0.15, 0.2) is 15.5 Å². The summed E-state index contributed by atoms with van der Waals surface area (Å²) in [6.45, 7) is 6.68. The number of nitrogens with one attached hydrogen (secondary N) is 1. The maximum Gasteiger partial charge on any atom is 0.327 e. The van der Waals surface area contributed by atoms with Crippen LogP contribution >= 0.6 is 15.9 Å². The van der Waals surface area contributed by atoms with Crippen LogP contribution in [0.25, 0.3) is 0 Å². The summed E-state index contributed by atoms with van der Waals surface area (Å²) in [7, 11) is 1.24. The fourth-order valence-corrected chi connectivity index (χ4v) is 1.75. The van der Waals surface area contributed by atoms with Gasteiger partial charge in [-0.3, -0.25) is 9.59 Å². The molecule has 0 atom stereocenters. The smallest absolute Gasteiger partial charge is 0.327 e. The van der Waals surface area contributed by atoms with E-state index in [1.54, 1.807) is 27.7 Å². The van der Waals surface area contributed by atoms with Crippen molar-refractivity contribution < 1.29 is 14.6 Å². The standard InChI is InChI=1S/C13H20BrN3O4/c1-12(2,13(3,4)20)16-8-6-15-17(7-9(18)21-5)11(19)10(8)14/h6,16,20H,7H2,1-5H3. The molecule has 0 radical (unpaired) electrons. The lowest BCUT2D eigenvalue weighted by atomic mass is 9.86. The minimum absolute atomic E-state index is 0.235. The summed E-state index contributed by atoms with van der Waals surface area (Å²) in [5.41, 5.74) is -1.74. The molecule has 0 spiro atoms. The zero-order chi connectivity index (χ0) is 16.4. The van der Waals surface area contributed by atoms with Crippen LogP contribution in [0.1, 0.15) is 27.7 Å². The molecular weight excluding hydrogens is 342 g/mol. The molecule has 1 aromatic heterocycles. The highest BCUT2D eigenvalue weighted by molar-refractivity contribution is 9.10. The van der Waals surface area contributed by atoms with Crippen LogP contribution in [-0.2, 0) is 16.1 Å². The van der Waals surface area contributed by atoms with E-state index in [2.05, 4.69) is 31.1 Å². The molecule has 0 amide bonds. The second-order valence-corrected chi connectivity index (χ2v) is 6.51. The average molecular weight is 362 g/mol. The van der Waals surface area contributed by atoms with E-state index in [0.29, 0.717) is 5.69 Å². The molecule has 0 aliphatic carbocycles. The molecule has 0 fully saturated rings. The van der Waals surface area contributed by atoms with Gasteiger partial charge in [0.15, 0.2) is 0 Å². The number of aromatic nitrogens is 2. The van der Waals surface area contributed by atoms with E-state index in [1.807, 2.05) is 0 Å². The molecule has 1 aromatic rings. The van der Waals surface area contributed by atoms with Crippen LogP contribution in [0.5, 0.6) is 0 Å². The number of methoxy groups -OCH3 is 1. The predicted molar refractivity (Wildman–Crippen MR) is 82.2 cm³/mol. The molecule has 0 unspecified atom stereocenters. The molecule has 118 valence electrons. The normalized spacial score (nSPS) is 12.1. The van der Waals surface area contributed by atoms with Crippen LogP contribution in [-0.4, -0.2) is 39.1 Å². The molecule has 2 N–H and O–H groups in total. The molecule has 0 bridgehead atoms. The Balaban J connectivity index is 3.11. The number of carbonyl (C=O) groups excluding carboxylic acids is 1. The molecule has 0 aliphatic rings. The molecule has 0 aliphatic heterocycles. The first-order valence-electron chi connectivity index (χ1n) is 6.32.